The number of benzene rings is 2. The lowest BCUT2D eigenvalue weighted by atomic mass is 10.1. The molecule has 0 aliphatic carbocycles. The highest BCUT2D eigenvalue weighted by Crippen LogP contribution is 2.30. The van der Waals surface area contributed by atoms with E-state index in [2.05, 4.69) is 33.8 Å². The zero-order valence-corrected chi connectivity index (χ0v) is 21.2. The van der Waals surface area contributed by atoms with E-state index in [4.69, 9.17) is 25.4 Å². The summed E-state index contributed by atoms with van der Waals surface area (Å²) in [5.74, 6) is 1.72. The summed E-state index contributed by atoms with van der Waals surface area (Å²) in [6.45, 7) is 4.24. The predicted octanol–water partition coefficient (Wildman–Crippen LogP) is 5.28. The van der Waals surface area contributed by atoms with Crippen LogP contribution < -0.4 is 15.2 Å². The van der Waals surface area contributed by atoms with Crippen LogP contribution in [0.2, 0.25) is 0 Å². The molecule has 0 saturated heterocycles. The van der Waals surface area contributed by atoms with Crippen molar-refractivity contribution in [3.8, 4) is 22.8 Å². The second kappa shape index (κ2) is 12.7. The van der Waals surface area contributed by atoms with Gasteiger partial charge in [-0.2, -0.15) is 0 Å². The SMILES string of the molecule is Cc1nc(-c2ccc(OCCCCCOc3ccc(/C(N)=N/O)cc3)cc2)c(CCn2ccnc2)s1. The van der Waals surface area contributed by atoms with Crippen molar-refractivity contribution in [1.29, 1.82) is 0 Å². The number of thiazole rings is 1. The van der Waals surface area contributed by atoms with Crippen LogP contribution in [0.3, 0.4) is 0 Å². The number of nitrogens with two attached hydrogens (primary N) is 1. The van der Waals surface area contributed by atoms with E-state index in [1.165, 1.54) is 4.88 Å². The zero-order valence-electron chi connectivity index (χ0n) is 20.3. The average Bonchev–Trinajstić information content (AvgIpc) is 3.56. The molecule has 2 heterocycles. The Hall–Kier alpha value is -3.85. The third kappa shape index (κ3) is 7.08. The van der Waals surface area contributed by atoms with Gasteiger partial charge in [0.15, 0.2) is 5.84 Å². The molecule has 36 heavy (non-hydrogen) atoms. The van der Waals surface area contributed by atoms with Crippen LogP contribution in [0.4, 0.5) is 0 Å². The number of imidazole rings is 1. The maximum atomic E-state index is 8.71. The lowest BCUT2D eigenvalue weighted by molar-refractivity contribution is 0.279. The Bertz CT molecular complexity index is 1240. The third-order valence-corrected chi connectivity index (χ3v) is 6.70. The molecule has 0 fully saturated rings. The van der Waals surface area contributed by atoms with Crippen molar-refractivity contribution in [2.75, 3.05) is 13.2 Å². The van der Waals surface area contributed by atoms with Gasteiger partial charge in [-0.05, 0) is 74.7 Å². The molecular formula is C27H31N5O3S. The number of aromatic nitrogens is 3. The molecule has 188 valence electrons. The summed E-state index contributed by atoms with van der Waals surface area (Å²) in [6.07, 6.45) is 9.47. The minimum Gasteiger partial charge on any atom is -0.494 e. The molecule has 9 heteroatoms. The molecule has 0 unspecified atom stereocenters. The standard InChI is InChI=1S/C27H31N5O3S/c1-20-30-26(25(36-20)13-15-32-16-14-29-19-32)21-5-9-23(10-6-21)34-17-3-2-4-18-35-24-11-7-22(8-12-24)27(28)31-33/h5-12,14,16,19,33H,2-4,13,15,17-18H2,1H3,(H2,28,31). The van der Waals surface area contributed by atoms with Crippen molar-refractivity contribution in [3.63, 3.8) is 0 Å². The Morgan fingerprint density at radius 2 is 1.67 bits per heavy atom. The molecule has 3 N–H and O–H groups in total. The van der Waals surface area contributed by atoms with Gasteiger partial charge in [0.1, 0.15) is 11.5 Å². The normalized spacial score (nSPS) is 11.5. The first-order valence-electron chi connectivity index (χ1n) is 12.0. The van der Waals surface area contributed by atoms with Gasteiger partial charge in [0.05, 0.1) is 30.2 Å². The van der Waals surface area contributed by atoms with Gasteiger partial charge in [-0.1, -0.05) is 5.16 Å². The van der Waals surface area contributed by atoms with Gasteiger partial charge >= 0.3 is 0 Å². The largest absolute Gasteiger partial charge is 0.494 e. The van der Waals surface area contributed by atoms with Crippen LogP contribution in [0.15, 0.2) is 72.4 Å². The Balaban J connectivity index is 1.16. The number of ether oxygens (including phenoxy) is 2. The van der Waals surface area contributed by atoms with Gasteiger partial charge in [0.25, 0.3) is 0 Å². The van der Waals surface area contributed by atoms with Crippen LogP contribution in [0.1, 0.15) is 34.7 Å². The monoisotopic (exact) mass is 505 g/mol. The Morgan fingerprint density at radius 3 is 2.28 bits per heavy atom. The van der Waals surface area contributed by atoms with E-state index in [-0.39, 0.29) is 5.84 Å². The topological polar surface area (TPSA) is 108 Å². The minimum absolute atomic E-state index is 0.0840. The van der Waals surface area contributed by atoms with Gasteiger partial charge in [0, 0.05) is 41.4 Å². The van der Waals surface area contributed by atoms with Crippen LogP contribution in [0, 0.1) is 6.92 Å². The van der Waals surface area contributed by atoms with Crippen molar-refractivity contribution in [2.45, 2.75) is 39.2 Å². The Labute approximate surface area is 215 Å². The number of unbranched alkanes of at least 4 members (excludes halogenated alkanes) is 2. The number of aryl methyl sites for hydroxylation is 3. The minimum atomic E-state index is 0.0840. The molecule has 0 saturated carbocycles. The summed E-state index contributed by atoms with van der Waals surface area (Å²) < 4.78 is 13.8. The van der Waals surface area contributed by atoms with E-state index in [1.807, 2.05) is 36.8 Å². The predicted molar refractivity (Wildman–Crippen MR) is 142 cm³/mol. The van der Waals surface area contributed by atoms with Crippen LogP contribution >= 0.6 is 11.3 Å². The zero-order chi connectivity index (χ0) is 25.2. The lowest BCUT2D eigenvalue weighted by Crippen LogP contribution is -2.12. The van der Waals surface area contributed by atoms with E-state index in [9.17, 15) is 0 Å². The summed E-state index contributed by atoms with van der Waals surface area (Å²) >= 11 is 1.75. The molecule has 0 amide bonds. The van der Waals surface area contributed by atoms with E-state index < -0.39 is 0 Å². The van der Waals surface area contributed by atoms with Crippen LogP contribution in [-0.4, -0.2) is 38.8 Å². The molecule has 0 radical (unpaired) electrons. The lowest BCUT2D eigenvalue weighted by Gasteiger charge is -2.09. The van der Waals surface area contributed by atoms with E-state index in [0.29, 0.717) is 18.8 Å². The highest BCUT2D eigenvalue weighted by molar-refractivity contribution is 7.12. The van der Waals surface area contributed by atoms with E-state index in [1.54, 1.807) is 29.7 Å². The van der Waals surface area contributed by atoms with Crippen molar-refractivity contribution in [1.82, 2.24) is 14.5 Å². The highest BCUT2D eigenvalue weighted by Gasteiger charge is 2.12. The first kappa shape index (κ1) is 25.2. The third-order valence-electron chi connectivity index (χ3n) is 5.67. The maximum Gasteiger partial charge on any atom is 0.170 e. The summed E-state index contributed by atoms with van der Waals surface area (Å²) in [5.41, 5.74) is 8.39. The number of hydrogen-bond acceptors (Lipinski definition) is 7. The Morgan fingerprint density at radius 1 is 1.00 bits per heavy atom. The number of rotatable bonds is 13. The van der Waals surface area contributed by atoms with Gasteiger partial charge in [-0.3, -0.25) is 0 Å². The second-order valence-electron chi connectivity index (χ2n) is 8.35. The number of amidine groups is 1. The number of nitrogens with zero attached hydrogens (tertiary/aromatic N) is 4. The summed E-state index contributed by atoms with van der Waals surface area (Å²) in [5, 5.41) is 12.8. The average molecular weight is 506 g/mol. The summed E-state index contributed by atoms with van der Waals surface area (Å²) in [4.78, 5) is 10.2. The van der Waals surface area contributed by atoms with Crippen molar-refractivity contribution >= 4 is 17.2 Å². The second-order valence-corrected chi connectivity index (χ2v) is 9.63. The molecule has 0 bridgehead atoms. The molecule has 2 aromatic heterocycles. The fourth-order valence-electron chi connectivity index (χ4n) is 3.76. The van der Waals surface area contributed by atoms with Gasteiger partial charge in [-0.15, -0.1) is 11.3 Å². The molecule has 2 aromatic carbocycles. The molecule has 4 rings (SSSR count). The van der Waals surface area contributed by atoms with Crippen molar-refractivity contribution in [2.24, 2.45) is 10.9 Å². The number of hydrogen-bond donors (Lipinski definition) is 2. The summed E-state index contributed by atoms with van der Waals surface area (Å²) in [7, 11) is 0. The summed E-state index contributed by atoms with van der Waals surface area (Å²) in [6, 6.07) is 15.4. The van der Waals surface area contributed by atoms with Crippen LogP contribution in [0.5, 0.6) is 11.5 Å². The van der Waals surface area contributed by atoms with Gasteiger partial charge in [-0.25, -0.2) is 9.97 Å². The molecule has 4 aromatic rings. The molecule has 0 aliphatic heterocycles. The first-order valence-corrected chi connectivity index (χ1v) is 12.8. The molecule has 0 spiro atoms. The molecule has 0 aliphatic rings. The van der Waals surface area contributed by atoms with Crippen molar-refractivity contribution < 1.29 is 14.7 Å². The number of oxime groups is 1. The van der Waals surface area contributed by atoms with Crippen LogP contribution in [0.25, 0.3) is 11.3 Å². The molecule has 8 nitrogen and oxygen atoms in total. The molecule has 0 atom stereocenters. The Kier molecular flexibility index (Phi) is 8.93. The van der Waals surface area contributed by atoms with E-state index in [0.717, 1.165) is 60.0 Å². The quantitative estimate of drug-likeness (QED) is 0.0841. The highest BCUT2D eigenvalue weighted by atomic mass is 32.1. The van der Waals surface area contributed by atoms with E-state index >= 15 is 0 Å². The fraction of sp³-hybridized carbons (Fsp3) is 0.296. The smallest absolute Gasteiger partial charge is 0.170 e. The molecular weight excluding hydrogens is 474 g/mol. The van der Waals surface area contributed by atoms with Gasteiger partial charge < -0.3 is 25.0 Å². The first-order chi connectivity index (χ1) is 17.6. The van der Waals surface area contributed by atoms with Gasteiger partial charge in [0.2, 0.25) is 0 Å². The van der Waals surface area contributed by atoms with Crippen molar-refractivity contribution in [3.05, 3.63) is 82.7 Å². The fourth-order valence-corrected chi connectivity index (χ4v) is 4.71. The maximum absolute atomic E-state index is 8.71. The van der Waals surface area contributed by atoms with Crippen LogP contribution in [-0.2, 0) is 13.0 Å².